The van der Waals surface area contributed by atoms with Gasteiger partial charge in [0.15, 0.2) is 0 Å². The Bertz CT molecular complexity index is 894. The van der Waals surface area contributed by atoms with Crippen LogP contribution in [0.3, 0.4) is 0 Å². The molecule has 1 amide bonds. The lowest BCUT2D eigenvalue weighted by molar-refractivity contribution is 0.0929. The summed E-state index contributed by atoms with van der Waals surface area (Å²) in [5.74, 6) is 0.526. The van der Waals surface area contributed by atoms with E-state index < -0.39 is 0 Å². The first-order chi connectivity index (χ1) is 13.0. The monoisotopic (exact) mass is 365 g/mol. The number of carbonyl (C=O) groups is 1. The highest BCUT2D eigenvalue weighted by Gasteiger charge is 2.17. The molecule has 3 N–H and O–H groups in total. The summed E-state index contributed by atoms with van der Waals surface area (Å²) in [6, 6.07) is 3.58. The third-order valence-corrected chi connectivity index (χ3v) is 4.41. The summed E-state index contributed by atoms with van der Waals surface area (Å²) < 4.78 is 0. The SMILES string of the molecule is Cc1nc(C(=O)N[C@@H](C)c2ccncc2)nc(NCCc2cn[nH]c2)c1C. The van der Waals surface area contributed by atoms with E-state index in [0.717, 1.165) is 28.8 Å². The standard InChI is InChI=1S/C19H23N7O/c1-12-13(2)24-18(19(27)25-14(3)16-5-7-20-8-6-16)26-17(12)21-9-4-15-10-22-23-11-15/h5-8,10-11,14H,4,9H2,1-3H3,(H,22,23)(H,25,27)(H,21,24,26)/t14-/m0/s1. The Hall–Kier alpha value is -3.29. The van der Waals surface area contributed by atoms with Gasteiger partial charge >= 0.3 is 0 Å². The number of hydrogen-bond donors (Lipinski definition) is 3. The van der Waals surface area contributed by atoms with E-state index in [0.29, 0.717) is 12.4 Å². The predicted molar refractivity (Wildman–Crippen MR) is 102 cm³/mol. The van der Waals surface area contributed by atoms with Gasteiger partial charge in [0.25, 0.3) is 5.91 Å². The van der Waals surface area contributed by atoms with Crippen LogP contribution < -0.4 is 10.6 Å². The third-order valence-electron chi connectivity index (χ3n) is 4.41. The van der Waals surface area contributed by atoms with Crippen LogP contribution in [0.2, 0.25) is 0 Å². The quantitative estimate of drug-likeness (QED) is 0.593. The number of H-pyrrole nitrogens is 1. The van der Waals surface area contributed by atoms with E-state index in [1.165, 1.54) is 0 Å². The zero-order valence-electron chi connectivity index (χ0n) is 15.7. The molecule has 0 aliphatic heterocycles. The number of aromatic amines is 1. The first-order valence-corrected chi connectivity index (χ1v) is 8.82. The van der Waals surface area contributed by atoms with E-state index in [1.807, 2.05) is 39.1 Å². The summed E-state index contributed by atoms with van der Waals surface area (Å²) in [6.45, 7) is 6.42. The molecule has 0 spiro atoms. The highest BCUT2D eigenvalue weighted by Crippen LogP contribution is 2.16. The van der Waals surface area contributed by atoms with E-state index in [1.54, 1.807) is 18.6 Å². The van der Waals surface area contributed by atoms with Crippen molar-refractivity contribution in [2.24, 2.45) is 0 Å². The van der Waals surface area contributed by atoms with E-state index in [9.17, 15) is 4.79 Å². The summed E-state index contributed by atoms with van der Waals surface area (Å²) in [7, 11) is 0. The number of anilines is 1. The van der Waals surface area contributed by atoms with Gasteiger partial charge in [-0.2, -0.15) is 5.10 Å². The normalized spacial score (nSPS) is 11.8. The Labute approximate surface area is 157 Å². The zero-order valence-corrected chi connectivity index (χ0v) is 15.7. The van der Waals surface area contributed by atoms with Gasteiger partial charge in [0.2, 0.25) is 5.82 Å². The molecule has 0 unspecified atom stereocenters. The second-order valence-electron chi connectivity index (χ2n) is 6.37. The smallest absolute Gasteiger partial charge is 0.289 e. The van der Waals surface area contributed by atoms with Crippen molar-refractivity contribution in [2.45, 2.75) is 33.2 Å². The minimum Gasteiger partial charge on any atom is -0.369 e. The first-order valence-electron chi connectivity index (χ1n) is 8.82. The fraction of sp³-hybridized carbons (Fsp3) is 0.316. The minimum atomic E-state index is -0.305. The number of rotatable bonds is 7. The van der Waals surface area contributed by atoms with Crippen LogP contribution >= 0.6 is 0 Å². The molecule has 0 saturated heterocycles. The molecule has 8 heteroatoms. The molecule has 0 bridgehead atoms. The van der Waals surface area contributed by atoms with Crippen molar-refractivity contribution in [3.05, 3.63) is 65.1 Å². The van der Waals surface area contributed by atoms with E-state index in [4.69, 9.17) is 0 Å². The predicted octanol–water partition coefficient (Wildman–Crippen LogP) is 2.36. The molecule has 27 heavy (non-hydrogen) atoms. The summed E-state index contributed by atoms with van der Waals surface area (Å²) in [6.07, 6.45) is 7.86. The van der Waals surface area contributed by atoms with E-state index >= 15 is 0 Å². The Morgan fingerprint density at radius 1 is 1.22 bits per heavy atom. The Morgan fingerprint density at radius 2 is 2.00 bits per heavy atom. The molecule has 0 fully saturated rings. The molecule has 3 aromatic heterocycles. The fourth-order valence-corrected chi connectivity index (χ4v) is 2.64. The van der Waals surface area contributed by atoms with Crippen molar-refractivity contribution >= 4 is 11.7 Å². The van der Waals surface area contributed by atoms with Crippen LogP contribution in [0, 0.1) is 13.8 Å². The molecule has 0 aliphatic rings. The van der Waals surface area contributed by atoms with E-state index in [2.05, 4.69) is 35.8 Å². The maximum atomic E-state index is 12.6. The molecule has 0 aliphatic carbocycles. The van der Waals surface area contributed by atoms with Crippen LogP contribution in [0.5, 0.6) is 0 Å². The Balaban J connectivity index is 1.69. The maximum Gasteiger partial charge on any atom is 0.289 e. The van der Waals surface area contributed by atoms with Gasteiger partial charge in [-0.3, -0.25) is 14.9 Å². The molecule has 0 aromatic carbocycles. The zero-order chi connectivity index (χ0) is 19.2. The van der Waals surface area contributed by atoms with Crippen molar-refractivity contribution in [2.75, 3.05) is 11.9 Å². The summed E-state index contributed by atoms with van der Waals surface area (Å²) in [5.41, 5.74) is 3.79. The number of nitrogens with zero attached hydrogens (tertiary/aromatic N) is 4. The molecule has 0 radical (unpaired) electrons. The number of nitrogens with one attached hydrogen (secondary N) is 3. The second kappa shape index (κ2) is 8.39. The molecule has 0 saturated carbocycles. The molecule has 1 atom stereocenters. The van der Waals surface area contributed by atoms with Crippen molar-refractivity contribution in [1.82, 2.24) is 30.5 Å². The van der Waals surface area contributed by atoms with Gasteiger partial charge in [-0.15, -0.1) is 0 Å². The third kappa shape index (κ3) is 4.66. The largest absolute Gasteiger partial charge is 0.369 e. The van der Waals surface area contributed by atoms with Gasteiger partial charge in [0.1, 0.15) is 5.82 Å². The lowest BCUT2D eigenvalue weighted by Crippen LogP contribution is -2.29. The Kier molecular flexibility index (Phi) is 5.75. The number of amides is 1. The van der Waals surface area contributed by atoms with Crippen LogP contribution in [0.15, 0.2) is 36.9 Å². The van der Waals surface area contributed by atoms with Crippen molar-refractivity contribution < 1.29 is 4.79 Å². The molecule has 140 valence electrons. The minimum absolute atomic E-state index is 0.157. The number of aryl methyl sites for hydroxylation is 1. The first kappa shape index (κ1) is 18.5. The molecular formula is C19H23N7O. The molecule has 3 aromatic rings. The van der Waals surface area contributed by atoms with Gasteiger partial charge in [0, 0.05) is 36.4 Å². The maximum absolute atomic E-state index is 12.6. The highest BCUT2D eigenvalue weighted by atomic mass is 16.2. The average Bonchev–Trinajstić information content (AvgIpc) is 3.19. The van der Waals surface area contributed by atoms with Crippen molar-refractivity contribution in [1.29, 1.82) is 0 Å². The van der Waals surface area contributed by atoms with Gasteiger partial charge in [-0.05, 0) is 50.5 Å². The van der Waals surface area contributed by atoms with Gasteiger partial charge in [-0.1, -0.05) is 0 Å². The lowest BCUT2D eigenvalue weighted by atomic mass is 10.1. The van der Waals surface area contributed by atoms with Gasteiger partial charge in [-0.25, -0.2) is 9.97 Å². The fourth-order valence-electron chi connectivity index (χ4n) is 2.64. The molecule has 3 heterocycles. The topological polar surface area (TPSA) is 108 Å². The number of pyridine rings is 1. The average molecular weight is 365 g/mol. The summed E-state index contributed by atoms with van der Waals surface area (Å²) in [5, 5.41) is 13.0. The van der Waals surface area contributed by atoms with Crippen molar-refractivity contribution in [3.8, 4) is 0 Å². The molecule has 3 rings (SSSR count). The highest BCUT2D eigenvalue weighted by molar-refractivity contribution is 5.91. The van der Waals surface area contributed by atoms with Crippen LogP contribution in [0.4, 0.5) is 5.82 Å². The second-order valence-corrected chi connectivity index (χ2v) is 6.37. The number of carbonyl (C=O) groups excluding carboxylic acids is 1. The summed E-state index contributed by atoms with van der Waals surface area (Å²) in [4.78, 5) is 25.4. The summed E-state index contributed by atoms with van der Waals surface area (Å²) >= 11 is 0. The van der Waals surface area contributed by atoms with Gasteiger partial charge in [0.05, 0.1) is 12.2 Å². The number of hydrogen-bond acceptors (Lipinski definition) is 6. The molecule has 8 nitrogen and oxygen atoms in total. The van der Waals surface area contributed by atoms with Crippen LogP contribution in [-0.4, -0.2) is 37.6 Å². The van der Waals surface area contributed by atoms with Crippen LogP contribution in [0.25, 0.3) is 0 Å². The lowest BCUT2D eigenvalue weighted by Gasteiger charge is -2.15. The van der Waals surface area contributed by atoms with Crippen LogP contribution in [-0.2, 0) is 6.42 Å². The van der Waals surface area contributed by atoms with Gasteiger partial charge < -0.3 is 10.6 Å². The Morgan fingerprint density at radius 3 is 2.70 bits per heavy atom. The van der Waals surface area contributed by atoms with Crippen LogP contribution in [0.1, 0.15) is 46.0 Å². The van der Waals surface area contributed by atoms with E-state index in [-0.39, 0.29) is 17.8 Å². The van der Waals surface area contributed by atoms with Crippen molar-refractivity contribution in [3.63, 3.8) is 0 Å². The molecular weight excluding hydrogens is 342 g/mol. The number of aromatic nitrogens is 5.